The number of carbonyl (C=O) groups excluding carboxylic acids is 2. The van der Waals surface area contributed by atoms with Gasteiger partial charge in [-0.2, -0.15) is 0 Å². The lowest BCUT2D eigenvalue weighted by molar-refractivity contribution is -0.117. The molecule has 0 saturated heterocycles. The van der Waals surface area contributed by atoms with Crippen molar-refractivity contribution in [3.63, 3.8) is 0 Å². The third-order valence-corrected chi connectivity index (χ3v) is 6.56. The van der Waals surface area contributed by atoms with Gasteiger partial charge in [0.1, 0.15) is 0 Å². The lowest BCUT2D eigenvalue weighted by Crippen LogP contribution is -2.45. The Balaban J connectivity index is 1.31. The van der Waals surface area contributed by atoms with E-state index in [-0.39, 0.29) is 23.8 Å². The summed E-state index contributed by atoms with van der Waals surface area (Å²) < 4.78 is 1.79. The number of amides is 2. The second kappa shape index (κ2) is 7.77. The van der Waals surface area contributed by atoms with Crippen molar-refractivity contribution in [2.75, 3.05) is 5.32 Å². The maximum Gasteiger partial charge on any atom is 0.280 e. The van der Waals surface area contributed by atoms with Gasteiger partial charge in [-0.3, -0.25) is 9.59 Å². The zero-order valence-electron chi connectivity index (χ0n) is 16.2. The minimum Gasteiger partial charge on any atom is -0.391 e. The van der Waals surface area contributed by atoms with E-state index < -0.39 is 6.10 Å². The molecule has 2 amide bonds. The smallest absolute Gasteiger partial charge is 0.280 e. The fraction of sp³-hybridized carbons (Fsp3) is 0.450. The Hall–Kier alpha value is -2.85. The van der Waals surface area contributed by atoms with Crippen molar-refractivity contribution in [3.8, 4) is 10.6 Å². The molecular formula is C20H22N6O3S. The molecule has 156 valence electrons. The summed E-state index contributed by atoms with van der Waals surface area (Å²) in [6, 6.07) is -0.219. The highest BCUT2D eigenvalue weighted by molar-refractivity contribution is 7.16. The van der Waals surface area contributed by atoms with Gasteiger partial charge in [0.25, 0.3) is 5.91 Å². The Bertz CT molecular complexity index is 1110. The number of anilines is 1. The number of aromatic nitrogens is 4. The summed E-state index contributed by atoms with van der Waals surface area (Å²) in [5.74, 6) is 0.347. The minimum atomic E-state index is -0.498. The van der Waals surface area contributed by atoms with Crippen LogP contribution in [0.2, 0.25) is 0 Å². The van der Waals surface area contributed by atoms with Crippen molar-refractivity contribution in [3.05, 3.63) is 29.8 Å². The molecule has 2 saturated carbocycles. The van der Waals surface area contributed by atoms with Gasteiger partial charge < -0.3 is 20.1 Å². The lowest BCUT2D eigenvalue weighted by Gasteiger charge is -2.27. The summed E-state index contributed by atoms with van der Waals surface area (Å²) in [6.45, 7) is 0. The highest BCUT2D eigenvalue weighted by Crippen LogP contribution is 2.30. The number of carbonyl (C=O) groups is 2. The van der Waals surface area contributed by atoms with Gasteiger partial charge in [-0.05, 0) is 25.7 Å². The monoisotopic (exact) mass is 426 g/mol. The minimum absolute atomic E-state index is 0.00721. The van der Waals surface area contributed by atoms with Crippen LogP contribution < -0.4 is 10.6 Å². The number of aliphatic hydroxyl groups excluding tert-OH is 1. The third kappa shape index (κ3) is 3.92. The molecule has 0 spiro atoms. The molecule has 3 N–H and O–H groups in total. The molecule has 5 rings (SSSR count). The maximum absolute atomic E-state index is 12.5. The molecule has 3 aromatic heterocycles. The van der Waals surface area contributed by atoms with Crippen LogP contribution in [0.1, 0.15) is 48.3 Å². The molecule has 0 bridgehead atoms. The first kappa shape index (κ1) is 19.1. The Kier molecular flexibility index (Phi) is 4.95. The third-order valence-electron chi connectivity index (χ3n) is 5.54. The van der Waals surface area contributed by atoms with Crippen LogP contribution >= 0.6 is 11.3 Å². The molecule has 0 aliphatic heterocycles. The maximum atomic E-state index is 12.5. The van der Waals surface area contributed by atoms with Gasteiger partial charge in [0, 0.05) is 18.3 Å². The summed E-state index contributed by atoms with van der Waals surface area (Å²) >= 11 is 1.25. The molecule has 2 atom stereocenters. The van der Waals surface area contributed by atoms with Crippen LogP contribution in [-0.4, -0.2) is 48.4 Å². The average Bonchev–Trinajstić information content (AvgIpc) is 3.33. The topological polar surface area (TPSA) is 122 Å². The molecule has 30 heavy (non-hydrogen) atoms. The van der Waals surface area contributed by atoms with Gasteiger partial charge in [-0.25, -0.2) is 15.0 Å². The summed E-state index contributed by atoms with van der Waals surface area (Å²) in [7, 11) is 0. The van der Waals surface area contributed by atoms with Crippen molar-refractivity contribution in [2.24, 2.45) is 5.92 Å². The van der Waals surface area contributed by atoms with Crippen molar-refractivity contribution in [1.82, 2.24) is 24.7 Å². The summed E-state index contributed by atoms with van der Waals surface area (Å²) in [5, 5.41) is 16.1. The van der Waals surface area contributed by atoms with Crippen LogP contribution in [0.25, 0.3) is 16.2 Å². The number of fused-ring (bicyclic) bond motifs is 1. The summed E-state index contributed by atoms with van der Waals surface area (Å²) in [4.78, 5) is 38.2. The van der Waals surface area contributed by atoms with Crippen LogP contribution in [0.5, 0.6) is 0 Å². The number of rotatable bonds is 5. The van der Waals surface area contributed by atoms with Gasteiger partial charge in [0.15, 0.2) is 16.5 Å². The van der Waals surface area contributed by atoms with E-state index in [1.807, 2.05) is 0 Å². The molecule has 9 nitrogen and oxygen atoms in total. The normalized spacial score (nSPS) is 21.5. The van der Waals surface area contributed by atoms with E-state index in [9.17, 15) is 14.7 Å². The highest BCUT2D eigenvalue weighted by atomic mass is 32.1. The molecule has 2 aliphatic carbocycles. The van der Waals surface area contributed by atoms with Crippen LogP contribution in [0, 0.1) is 5.92 Å². The van der Waals surface area contributed by atoms with Gasteiger partial charge in [-0.15, -0.1) is 11.3 Å². The van der Waals surface area contributed by atoms with Crippen LogP contribution in [0.3, 0.4) is 0 Å². The molecule has 2 aliphatic rings. The van der Waals surface area contributed by atoms with Crippen molar-refractivity contribution >= 4 is 34.6 Å². The quantitative estimate of drug-likeness (QED) is 0.575. The predicted molar refractivity (Wildman–Crippen MR) is 111 cm³/mol. The van der Waals surface area contributed by atoms with E-state index in [4.69, 9.17) is 0 Å². The molecule has 0 unspecified atom stereocenters. The summed E-state index contributed by atoms with van der Waals surface area (Å²) in [5.41, 5.74) is 1.29. The Morgan fingerprint density at radius 3 is 2.73 bits per heavy atom. The van der Waals surface area contributed by atoms with Gasteiger partial charge in [-0.1, -0.05) is 12.8 Å². The first-order chi connectivity index (χ1) is 14.6. The second-order valence-electron chi connectivity index (χ2n) is 7.89. The number of hydrogen-bond donors (Lipinski definition) is 3. The van der Waals surface area contributed by atoms with E-state index in [0.29, 0.717) is 28.6 Å². The lowest BCUT2D eigenvalue weighted by atomic mass is 9.92. The number of thiazole rings is 1. The largest absolute Gasteiger partial charge is 0.391 e. The average molecular weight is 427 g/mol. The Labute approximate surface area is 176 Å². The first-order valence-electron chi connectivity index (χ1n) is 10.2. The van der Waals surface area contributed by atoms with Crippen LogP contribution in [0.4, 0.5) is 5.82 Å². The van der Waals surface area contributed by atoms with Crippen molar-refractivity contribution in [2.45, 2.75) is 50.7 Å². The van der Waals surface area contributed by atoms with E-state index in [2.05, 4.69) is 25.6 Å². The van der Waals surface area contributed by atoms with Crippen molar-refractivity contribution < 1.29 is 14.7 Å². The standard InChI is InChI=1S/C20H22N6O3S/c27-14-4-2-1-3-12(14)23-19(29)20-22-7-15(30-20)13-9-26-10-16(24-17(26)8-21-13)25-18(28)11-5-6-11/h7-12,14,27H,1-6H2,(H,23,29)(H,25,28)/t12-,14+/m0/s1. The van der Waals surface area contributed by atoms with Gasteiger partial charge >= 0.3 is 0 Å². The number of aliphatic hydroxyl groups is 1. The van der Waals surface area contributed by atoms with E-state index in [0.717, 1.165) is 37.0 Å². The zero-order chi connectivity index (χ0) is 20.7. The molecule has 0 radical (unpaired) electrons. The molecule has 3 heterocycles. The fourth-order valence-corrected chi connectivity index (χ4v) is 4.45. The molecule has 3 aromatic rings. The predicted octanol–water partition coefficient (Wildman–Crippen LogP) is 2.23. The second-order valence-corrected chi connectivity index (χ2v) is 8.92. The van der Waals surface area contributed by atoms with E-state index in [1.54, 1.807) is 29.2 Å². The number of nitrogens with one attached hydrogen (secondary N) is 2. The first-order valence-corrected chi connectivity index (χ1v) is 11.0. The van der Waals surface area contributed by atoms with Crippen LogP contribution in [0.15, 0.2) is 24.8 Å². The summed E-state index contributed by atoms with van der Waals surface area (Å²) in [6.07, 6.45) is 11.7. The molecule has 2 fully saturated rings. The number of hydrogen-bond acceptors (Lipinski definition) is 7. The highest BCUT2D eigenvalue weighted by Gasteiger charge is 2.30. The fourth-order valence-electron chi connectivity index (χ4n) is 3.67. The number of nitrogens with zero attached hydrogens (tertiary/aromatic N) is 4. The Morgan fingerprint density at radius 1 is 1.10 bits per heavy atom. The van der Waals surface area contributed by atoms with Gasteiger partial charge in [0.05, 0.1) is 35.1 Å². The van der Waals surface area contributed by atoms with E-state index >= 15 is 0 Å². The molecular weight excluding hydrogens is 404 g/mol. The Morgan fingerprint density at radius 2 is 1.93 bits per heavy atom. The van der Waals surface area contributed by atoms with Crippen LogP contribution in [-0.2, 0) is 4.79 Å². The SMILES string of the molecule is O=C(N[C@H]1CCCC[C@H]1O)c1ncc(-c2cn3cc(NC(=O)C4CC4)nc3cn2)s1. The van der Waals surface area contributed by atoms with Gasteiger partial charge in [0.2, 0.25) is 5.91 Å². The zero-order valence-corrected chi connectivity index (χ0v) is 17.1. The molecule has 0 aromatic carbocycles. The van der Waals surface area contributed by atoms with E-state index in [1.165, 1.54) is 11.3 Å². The van der Waals surface area contributed by atoms with Crippen molar-refractivity contribution in [1.29, 1.82) is 0 Å². The molecule has 10 heteroatoms. The number of imidazole rings is 1.